The molecule has 0 aliphatic heterocycles. The highest BCUT2D eigenvalue weighted by molar-refractivity contribution is 5.37. The number of allylic oxidation sites excluding steroid dienone is 3. The van der Waals surface area contributed by atoms with Crippen LogP contribution in [0.2, 0.25) is 0 Å². The first-order valence-corrected chi connectivity index (χ1v) is 6.47. The zero-order valence-corrected chi connectivity index (χ0v) is 12.1. The first-order chi connectivity index (χ1) is 9.18. The van der Waals surface area contributed by atoms with Crippen molar-refractivity contribution in [3.63, 3.8) is 0 Å². The zero-order valence-electron chi connectivity index (χ0n) is 12.1. The molecule has 0 aromatic carbocycles. The predicted octanol–water partition coefficient (Wildman–Crippen LogP) is 0.676. The number of aliphatic hydroxyl groups is 4. The Hall–Kier alpha value is -1.38. The van der Waals surface area contributed by atoms with Crippen molar-refractivity contribution in [3.05, 3.63) is 35.5 Å². The van der Waals surface area contributed by atoms with Crippen LogP contribution in [0.4, 0.5) is 0 Å². The lowest BCUT2D eigenvalue weighted by Crippen LogP contribution is -2.58. The van der Waals surface area contributed by atoms with Crippen LogP contribution in [0.1, 0.15) is 27.2 Å². The fourth-order valence-corrected chi connectivity index (χ4v) is 1.91. The molecule has 1 aliphatic rings. The Morgan fingerprint density at radius 1 is 1.35 bits per heavy atom. The summed E-state index contributed by atoms with van der Waals surface area (Å²) in [6, 6.07) is 0. The van der Waals surface area contributed by atoms with Crippen molar-refractivity contribution in [3.8, 4) is 11.8 Å². The molecule has 0 unspecified atom stereocenters. The Morgan fingerprint density at radius 3 is 2.45 bits per heavy atom. The van der Waals surface area contributed by atoms with Gasteiger partial charge < -0.3 is 20.4 Å². The first-order valence-electron chi connectivity index (χ1n) is 6.47. The van der Waals surface area contributed by atoms with Gasteiger partial charge in [0, 0.05) is 0 Å². The molecule has 0 saturated carbocycles. The summed E-state index contributed by atoms with van der Waals surface area (Å²) in [5.41, 5.74) is -0.0723. The summed E-state index contributed by atoms with van der Waals surface area (Å²) in [6.45, 7) is 9.04. The van der Waals surface area contributed by atoms with Crippen molar-refractivity contribution >= 4 is 0 Å². The van der Waals surface area contributed by atoms with E-state index in [1.807, 2.05) is 19.9 Å². The molecule has 0 radical (unpaired) electrons. The second-order valence-electron chi connectivity index (χ2n) is 5.42. The molecule has 0 saturated heterocycles. The van der Waals surface area contributed by atoms with Gasteiger partial charge in [0.25, 0.3) is 0 Å². The van der Waals surface area contributed by atoms with Crippen LogP contribution in [0.15, 0.2) is 35.5 Å². The summed E-state index contributed by atoms with van der Waals surface area (Å²) >= 11 is 0. The molecule has 0 spiro atoms. The van der Waals surface area contributed by atoms with Crippen molar-refractivity contribution in [1.82, 2.24) is 0 Å². The van der Waals surface area contributed by atoms with Crippen LogP contribution in [0, 0.1) is 11.8 Å². The molecule has 0 aromatic rings. The van der Waals surface area contributed by atoms with Crippen LogP contribution in [0.5, 0.6) is 0 Å². The topological polar surface area (TPSA) is 80.9 Å². The van der Waals surface area contributed by atoms with E-state index in [2.05, 4.69) is 18.4 Å². The van der Waals surface area contributed by atoms with Crippen LogP contribution in [-0.2, 0) is 0 Å². The molecule has 1 rings (SSSR count). The molecule has 0 bridgehead atoms. The Labute approximate surface area is 119 Å². The van der Waals surface area contributed by atoms with E-state index in [0.29, 0.717) is 17.6 Å². The smallest absolute Gasteiger partial charge is 0.184 e. The Kier molecular flexibility index (Phi) is 5.32. The van der Waals surface area contributed by atoms with Gasteiger partial charge in [0.1, 0.15) is 18.3 Å². The molecule has 0 fully saturated rings. The lowest BCUT2D eigenvalue weighted by atomic mass is 9.78. The van der Waals surface area contributed by atoms with Crippen molar-refractivity contribution in [1.29, 1.82) is 0 Å². The largest absolute Gasteiger partial charge is 0.386 e. The van der Waals surface area contributed by atoms with Crippen molar-refractivity contribution < 1.29 is 20.4 Å². The van der Waals surface area contributed by atoms with E-state index >= 15 is 0 Å². The normalized spacial score (nSPS) is 32.8. The first kappa shape index (κ1) is 16.7. The van der Waals surface area contributed by atoms with Gasteiger partial charge in [-0.2, -0.15) is 0 Å². The number of rotatable bonds is 2. The molecule has 110 valence electrons. The molecule has 4 nitrogen and oxygen atoms in total. The fourth-order valence-electron chi connectivity index (χ4n) is 1.91. The maximum Gasteiger partial charge on any atom is 0.184 e. The fraction of sp³-hybridized carbons (Fsp3) is 0.500. The SMILES string of the molecule is C=C(C)C#C[C@]1(O)[C@H](O)[C@H](O)C(CC=C(C)C)=C[C@@H]1O. The average molecular weight is 278 g/mol. The summed E-state index contributed by atoms with van der Waals surface area (Å²) in [7, 11) is 0. The number of aliphatic hydroxyl groups excluding tert-OH is 3. The zero-order chi connectivity index (χ0) is 15.5. The highest BCUT2D eigenvalue weighted by Crippen LogP contribution is 2.30. The van der Waals surface area contributed by atoms with E-state index in [9.17, 15) is 20.4 Å². The van der Waals surface area contributed by atoms with Crippen LogP contribution < -0.4 is 0 Å². The van der Waals surface area contributed by atoms with E-state index in [0.717, 1.165) is 5.57 Å². The van der Waals surface area contributed by atoms with E-state index < -0.39 is 23.9 Å². The van der Waals surface area contributed by atoms with Gasteiger partial charge in [-0.3, -0.25) is 0 Å². The summed E-state index contributed by atoms with van der Waals surface area (Å²) in [5.74, 6) is 4.93. The molecule has 0 amide bonds. The molecular formula is C16H22O4. The van der Waals surface area contributed by atoms with Gasteiger partial charge in [0.05, 0.1) is 0 Å². The molecule has 0 aromatic heterocycles. The minimum absolute atomic E-state index is 0.404. The third-order valence-electron chi connectivity index (χ3n) is 3.17. The predicted molar refractivity (Wildman–Crippen MR) is 77.7 cm³/mol. The van der Waals surface area contributed by atoms with Gasteiger partial charge in [-0.1, -0.05) is 30.1 Å². The van der Waals surface area contributed by atoms with Crippen LogP contribution in [0.25, 0.3) is 0 Å². The van der Waals surface area contributed by atoms with E-state index in [1.165, 1.54) is 6.08 Å². The number of hydrogen-bond acceptors (Lipinski definition) is 4. The minimum atomic E-state index is -2.09. The molecule has 20 heavy (non-hydrogen) atoms. The lowest BCUT2D eigenvalue weighted by Gasteiger charge is -2.39. The summed E-state index contributed by atoms with van der Waals surface area (Å²) < 4.78 is 0. The Balaban J connectivity index is 3.10. The third kappa shape index (κ3) is 3.59. The second kappa shape index (κ2) is 6.38. The molecule has 4 N–H and O–H groups in total. The summed E-state index contributed by atoms with van der Waals surface area (Å²) in [4.78, 5) is 0. The summed E-state index contributed by atoms with van der Waals surface area (Å²) in [5, 5.41) is 40.4. The lowest BCUT2D eigenvalue weighted by molar-refractivity contribution is -0.134. The molecular weight excluding hydrogens is 256 g/mol. The van der Waals surface area contributed by atoms with Gasteiger partial charge in [0.2, 0.25) is 0 Å². The van der Waals surface area contributed by atoms with Crippen LogP contribution in [0.3, 0.4) is 0 Å². The minimum Gasteiger partial charge on any atom is -0.386 e. The van der Waals surface area contributed by atoms with Gasteiger partial charge in [-0.25, -0.2) is 0 Å². The Bertz CT molecular complexity index is 502. The van der Waals surface area contributed by atoms with Crippen LogP contribution in [-0.4, -0.2) is 44.3 Å². The second-order valence-corrected chi connectivity index (χ2v) is 5.42. The third-order valence-corrected chi connectivity index (χ3v) is 3.17. The quantitative estimate of drug-likeness (QED) is 0.442. The molecule has 0 heterocycles. The average Bonchev–Trinajstić information content (AvgIpc) is 2.37. The Morgan fingerprint density at radius 2 is 1.95 bits per heavy atom. The molecule has 4 atom stereocenters. The van der Waals surface area contributed by atoms with Crippen molar-refractivity contribution in [2.75, 3.05) is 0 Å². The van der Waals surface area contributed by atoms with Crippen LogP contribution >= 0.6 is 0 Å². The van der Waals surface area contributed by atoms with Gasteiger partial charge >= 0.3 is 0 Å². The highest BCUT2D eigenvalue weighted by Gasteiger charge is 2.48. The molecule has 4 heteroatoms. The maximum absolute atomic E-state index is 10.3. The van der Waals surface area contributed by atoms with Gasteiger partial charge in [0.15, 0.2) is 5.60 Å². The van der Waals surface area contributed by atoms with E-state index in [4.69, 9.17) is 0 Å². The van der Waals surface area contributed by atoms with E-state index in [1.54, 1.807) is 6.92 Å². The number of hydrogen-bond donors (Lipinski definition) is 4. The maximum atomic E-state index is 10.3. The standard InChI is InChI=1S/C16H22O4/c1-10(2)5-6-12-9-13(17)16(20,8-7-11(3)4)15(19)14(12)18/h5,9,13-15,17-20H,3,6H2,1-2,4H3/t13-,14+,15+,16+/m0/s1. The van der Waals surface area contributed by atoms with Crippen molar-refractivity contribution in [2.45, 2.75) is 51.1 Å². The van der Waals surface area contributed by atoms with E-state index in [-0.39, 0.29) is 0 Å². The monoisotopic (exact) mass is 278 g/mol. The highest BCUT2D eigenvalue weighted by atomic mass is 16.4. The van der Waals surface area contributed by atoms with Gasteiger partial charge in [-0.15, -0.1) is 0 Å². The summed E-state index contributed by atoms with van der Waals surface area (Å²) in [6.07, 6.45) is -0.578. The van der Waals surface area contributed by atoms with Crippen molar-refractivity contribution in [2.24, 2.45) is 0 Å². The molecule has 1 aliphatic carbocycles. The van der Waals surface area contributed by atoms with Gasteiger partial charge in [-0.05, 0) is 44.4 Å².